The van der Waals surface area contributed by atoms with Gasteiger partial charge in [-0.2, -0.15) is 0 Å². The lowest BCUT2D eigenvalue weighted by Crippen LogP contribution is -2.42. The molecule has 2 nitrogen and oxygen atoms in total. The normalized spacial score (nSPS) is 26.6. The van der Waals surface area contributed by atoms with Gasteiger partial charge < -0.3 is 10.2 Å². The van der Waals surface area contributed by atoms with Crippen LogP contribution in [-0.2, 0) is 0 Å². The van der Waals surface area contributed by atoms with Gasteiger partial charge in [0, 0.05) is 12.1 Å². The maximum absolute atomic E-state index is 3.49. The Morgan fingerprint density at radius 3 is 2.65 bits per heavy atom. The first-order valence-corrected chi connectivity index (χ1v) is 7.58. The third-order valence-electron chi connectivity index (χ3n) is 4.18. The molecule has 1 rings (SSSR count). The van der Waals surface area contributed by atoms with Crippen LogP contribution >= 0.6 is 0 Å². The molecule has 2 unspecified atom stereocenters. The molecule has 0 saturated carbocycles. The van der Waals surface area contributed by atoms with Crippen LogP contribution in [0.2, 0.25) is 0 Å². The van der Waals surface area contributed by atoms with Gasteiger partial charge in [0.15, 0.2) is 0 Å². The molecule has 0 aliphatic carbocycles. The van der Waals surface area contributed by atoms with Crippen molar-refractivity contribution < 1.29 is 0 Å². The number of hydrogen-bond donors (Lipinski definition) is 1. The van der Waals surface area contributed by atoms with Crippen LogP contribution < -0.4 is 5.32 Å². The SMILES string of the molecule is CC(C)NCCCCCN1CCCC(C)C1C. The van der Waals surface area contributed by atoms with Gasteiger partial charge in [-0.3, -0.25) is 0 Å². The van der Waals surface area contributed by atoms with Gasteiger partial charge in [-0.25, -0.2) is 0 Å². The van der Waals surface area contributed by atoms with Gasteiger partial charge in [0.05, 0.1) is 0 Å². The van der Waals surface area contributed by atoms with Crippen LogP contribution in [-0.4, -0.2) is 36.6 Å². The Morgan fingerprint density at radius 2 is 1.94 bits per heavy atom. The maximum Gasteiger partial charge on any atom is 0.00925 e. The molecule has 2 heteroatoms. The molecule has 1 heterocycles. The lowest BCUT2D eigenvalue weighted by Gasteiger charge is -2.38. The van der Waals surface area contributed by atoms with Crippen LogP contribution in [0.1, 0.15) is 59.8 Å². The molecule has 17 heavy (non-hydrogen) atoms. The Balaban J connectivity index is 2.02. The second kappa shape index (κ2) is 8.10. The molecule has 0 radical (unpaired) electrons. The predicted molar refractivity (Wildman–Crippen MR) is 76.4 cm³/mol. The van der Waals surface area contributed by atoms with E-state index in [1.54, 1.807) is 0 Å². The molecule has 1 saturated heterocycles. The second-order valence-corrected chi connectivity index (χ2v) is 6.07. The molecular formula is C15H32N2. The molecule has 2 atom stereocenters. The summed E-state index contributed by atoms with van der Waals surface area (Å²) in [5.74, 6) is 0.895. The Labute approximate surface area is 108 Å². The fourth-order valence-corrected chi connectivity index (χ4v) is 2.74. The minimum atomic E-state index is 0.637. The molecule has 1 N–H and O–H groups in total. The highest BCUT2D eigenvalue weighted by Gasteiger charge is 2.23. The second-order valence-electron chi connectivity index (χ2n) is 6.07. The fourth-order valence-electron chi connectivity index (χ4n) is 2.74. The minimum absolute atomic E-state index is 0.637. The van der Waals surface area contributed by atoms with E-state index in [0.29, 0.717) is 6.04 Å². The predicted octanol–water partition coefficient (Wildman–Crippen LogP) is 3.28. The molecule has 1 aliphatic rings. The molecule has 0 bridgehead atoms. The molecule has 0 aromatic heterocycles. The number of nitrogens with one attached hydrogen (secondary N) is 1. The molecule has 1 fully saturated rings. The van der Waals surface area contributed by atoms with E-state index in [-0.39, 0.29) is 0 Å². The first-order chi connectivity index (χ1) is 8.11. The number of unbranched alkanes of at least 4 members (excludes halogenated alkanes) is 2. The zero-order chi connectivity index (χ0) is 12.7. The Kier molecular flexibility index (Phi) is 7.14. The monoisotopic (exact) mass is 240 g/mol. The number of likely N-dealkylation sites (tertiary alicyclic amines) is 1. The number of piperidine rings is 1. The zero-order valence-electron chi connectivity index (χ0n) is 12.3. The van der Waals surface area contributed by atoms with Gasteiger partial charge in [-0.1, -0.05) is 27.2 Å². The van der Waals surface area contributed by atoms with Gasteiger partial charge in [0.2, 0.25) is 0 Å². The van der Waals surface area contributed by atoms with Crippen molar-refractivity contribution in [2.45, 2.75) is 71.9 Å². The third-order valence-corrected chi connectivity index (χ3v) is 4.18. The number of hydrogen-bond acceptors (Lipinski definition) is 2. The third kappa shape index (κ3) is 5.87. The summed E-state index contributed by atoms with van der Waals surface area (Å²) in [6, 6.07) is 1.44. The van der Waals surface area contributed by atoms with E-state index in [0.717, 1.165) is 12.0 Å². The largest absolute Gasteiger partial charge is 0.315 e. The average molecular weight is 240 g/mol. The Hall–Kier alpha value is -0.0800. The van der Waals surface area contributed by atoms with Crippen molar-refractivity contribution in [3.8, 4) is 0 Å². The highest BCUT2D eigenvalue weighted by atomic mass is 15.2. The highest BCUT2D eigenvalue weighted by molar-refractivity contribution is 4.78. The van der Waals surface area contributed by atoms with Gasteiger partial charge in [0.25, 0.3) is 0 Å². The topological polar surface area (TPSA) is 15.3 Å². The van der Waals surface area contributed by atoms with E-state index in [2.05, 4.69) is 37.9 Å². The summed E-state index contributed by atoms with van der Waals surface area (Å²) < 4.78 is 0. The Morgan fingerprint density at radius 1 is 1.18 bits per heavy atom. The fraction of sp³-hybridized carbons (Fsp3) is 1.00. The summed E-state index contributed by atoms with van der Waals surface area (Å²) >= 11 is 0. The van der Waals surface area contributed by atoms with Gasteiger partial charge in [0.1, 0.15) is 0 Å². The van der Waals surface area contributed by atoms with E-state index >= 15 is 0 Å². The maximum atomic E-state index is 3.49. The lowest BCUT2D eigenvalue weighted by atomic mass is 9.92. The van der Waals surface area contributed by atoms with Crippen LogP contribution in [0, 0.1) is 5.92 Å². The van der Waals surface area contributed by atoms with Crippen LogP contribution in [0.5, 0.6) is 0 Å². The molecule has 102 valence electrons. The first-order valence-electron chi connectivity index (χ1n) is 7.58. The number of nitrogens with zero attached hydrogens (tertiary/aromatic N) is 1. The van der Waals surface area contributed by atoms with Crippen molar-refractivity contribution >= 4 is 0 Å². The lowest BCUT2D eigenvalue weighted by molar-refractivity contribution is 0.112. The summed E-state index contributed by atoms with van der Waals surface area (Å²) in [6.07, 6.45) is 6.90. The van der Waals surface area contributed by atoms with Crippen LogP contribution in [0.4, 0.5) is 0 Å². The molecule has 0 spiro atoms. The molecule has 0 aromatic rings. The highest BCUT2D eigenvalue weighted by Crippen LogP contribution is 2.22. The van der Waals surface area contributed by atoms with Crippen LogP contribution in [0.3, 0.4) is 0 Å². The summed E-state index contributed by atoms with van der Waals surface area (Å²) in [4.78, 5) is 2.70. The average Bonchev–Trinajstić information content (AvgIpc) is 2.28. The molecule has 0 amide bonds. The quantitative estimate of drug-likeness (QED) is 0.687. The van der Waals surface area contributed by atoms with Gasteiger partial charge in [-0.15, -0.1) is 0 Å². The zero-order valence-corrected chi connectivity index (χ0v) is 12.3. The minimum Gasteiger partial charge on any atom is -0.315 e. The van der Waals surface area contributed by atoms with Crippen LogP contribution in [0.15, 0.2) is 0 Å². The van der Waals surface area contributed by atoms with Gasteiger partial charge in [-0.05, 0) is 58.2 Å². The van der Waals surface area contributed by atoms with Crippen molar-refractivity contribution in [2.75, 3.05) is 19.6 Å². The van der Waals surface area contributed by atoms with Crippen molar-refractivity contribution in [1.82, 2.24) is 10.2 Å². The van der Waals surface area contributed by atoms with Crippen molar-refractivity contribution in [2.24, 2.45) is 5.92 Å². The summed E-state index contributed by atoms with van der Waals surface area (Å²) in [5.41, 5.74) is 0. The first kappa shape index (κ1) is 15.0. The smallest absolute Gasteiger partial charge is 0.00925 e. The van der Waals surface area contributed by atoms with Gasteiger partial charge >= 0.3 is 0 Å². The molecular weight excluding hydrogens is 208 g/mol. The summed E-state index contributed by atoms with van der Waals surface area (Å²) in [5, 5.41) is 3.49. The standard InChI is InChI=1S/C15H32N2/c1-13(2)16-10-6-5-7-11-17-12-8-9-14(3)15(17)4/h13-16H,5-12H2,1-4H3. The van der Waals surface area contributed by atoms with Crippen LogP contribution in [0.25, 0.3) is 0 Å². The van der Waals surface area contributed by atoms with E-state index in [1.807, 2.05) is 0 Å². The summed E-state index contributed by atoms with van der Waals surface area (Å²) in [6.45, 7) is 13.1. The van der Waals surface area contributed by atoms with Crippen molar-refractivity contribution in [1.29, 1.82) is 0 Å². The van der Waals surface area contributed by atoms with E-state index in [9.17, 15) is 0 Å². The van der Waals surface area contributed by atoms with Crippen molar-refractivity contribution in [3.05, 3.63) is 0 Å². The van der Waals surface area contributed by atoms with E-state index < -0.39 is 0 Å². The van der Waals surface area contributed by atoms with E-state index in [4.69, 9.17) is 0 Å². The Bertz CT molecular complexity index is 191. The molecule has 0 aromatic carbocycles. The summed E-state index contributed by atoms with van der Waals surface area (Å²) in [7, 11) is 0. The van der Waals surface area contributed by atoms with Crippen molar-refractivity contribution in [3.63, 3.8) is 0 Å². The van der Waals surface area contributed by atoms with E-state index in [1.165, 1.54) is 51.7 Å². The number of rotatable bonds is 7. The molecule has 1 aliphatic heterocycles.